The Morgan fingerprint density at radius 2 is 2.06 bits per heavy atom. The number of rotatable bonds is 2. The summed E-state index contributed by atoms with van der Waals surface area (Å²) in [5.74, 6) is 0. The largest absolute Gasteiger partial charge is 0.326 e. The first-order valence-electron chi connectivity index (χ1n) is 5.34. The van der Waals surface area contributed by atoms with Gasteiger partial charge in [0.2, 0.25) is 0 Å². The lowest BCUT2D eigenvalue weighted by molar-refractivity contribution is 0.806. The van der Waals surface area contributed by atoms with Crippen LogP contribution < -0.4 is 5.73 Å². The molecule has 0 spiro atoms. The highest BCUT2D eigenvalue weighted by Crippen LogP contribution is 2.17. The molecule has 0 aliphatic rings. The van der Waals surface area contributed by atoms with E-state index in [1.807, 2.05) is 30.3 Å². The van der Waals surface area contributed by atoms with Crippen molar-refractivity contribution in [3.8, 4) is 5.69 Å². The molecule has 0 fully saturated rings. The molecule has 3 aromatic rings. The zero-order chi connectivity index (χ0) is 11.7. The summed E-state index contributed by atoms with van der Waals surface area (Å²) in [6.45, 7) is 0.450. The maximum Gasteiger partial charge on any atom is 0.113 e. The number of hydrogen-bond donors (Lipinski definition) is 1. The molecule has 0 saturated heterocycles. The Bertz CT molecular complexity index is 659. The topological polar surface area (TPSA) is 69.6 Å². The molecular formula is C12H11N5. The first-order chi connectivity index (χ1) is 8.40. The minimum absolute atomic E-state index is 0.450. The molecule has 0 saturated carbocycles. The Morgan fingerprint density at radius 3 is 2.94 bits per heavy atom. The van der Waals surface area contributed by atoms with Crippen LogP contribution in [0, 0.1) is 0 Å². The van der Waals surface area contributed by atoms with E-state index >= 15 is 0 Å². The molecular weight excluding hydrogens is 214 g/mol. The maximum atomic E-state index is 5.71. The van der Waals surface area contributed by atoms with Crippen LogP contribution in [0.3, 0.4) is 0 Å². The third-order valence-corrected chi connectivity index (χ3v) is 2.69. The summed E-state index contributed by atoms with van der Waals surface area (Å²) in [5, 5.41) is 8.26. The van der Waals surface area contributed by atoms with E-state index in [-0.39, 0.29) is 0 Å². The lowest BCUT2D eigenvalue weighted by Crippen LogP contribution is -2.06. The van der Waals surface area contributed by atoms with E-state index in [2.05, 4.69) is 15.3 Å². The van der Waals surface area contributed by atoms with E-state index < -0.39 is 0 Å². The van der Waals surface area contributed by atoms with Gasteiger partial charge >= 0.3 is 0 Å². The number of nitrogens with zero attached hydrogens (tertiary/aromatic N) is 4. The van der Waals surface area contributed by atoms with E-state index in [0.29, 0.717) is 6.54 Å². The molecule has 0 aliphatic heterocycles. The minimum Gasteiger partial charge on any atom is -0.326 e. The van der Waals surface area contributed by atoms with Gasteiger partial charge in [0.25, 0.3) is 0 Å². The van der Waals surface area contributed by atoms with Crippen LogP contribution in [0.4, 0.5) is 0 Å². The first-order valence-corrected chi connectivity index (χ1v) is 5.34. The van der Waals surface area contributed by atoms with Crippen LogP contribution in [0.5, 0.6) is 0 Å². The van der Waals surface area contributed by atoms with E-state index in [9.17, 15) is 0 Å². The molecule has 0 unspecified atom stereocenters. The van der Waals surface area contributed by atoms with Gasteiger partial charge in [-0.05, 0) is 23.8 Å². The van der Waals surface area contributed by atoms with E-state index in [1.54, 1.807) is 17.1 Å². The molecule has 3 rings (SSSR count). The molecule has 0 aliphatic carbocycles. The van der Waals surface area contributed by atoms with Crippen molar-refractivity contribution in [2.24, 2.45) is 5.73 Å². The summed E-state index contributed by atoms with van der Waals surface area (Å²) >= 11 is 0. The van der Waals surface area contributed by atoms with Gasteiger partial charge in [-0.3, -0.25) is 4.98 Å². The number of aromatic nitrogens is 4. The highest BCUT2D eigenvalue weighted by Gasteiger charge is 2.08. The molecule has 5 nitrogen and oxygen atoms in total. The Labute approximate surface area is 97.9 Å². The van der Waals surface area contributed by atoms with Crippen LogP contribution in [0.1, 0.15) is 5.56 Å². The quantitative estimate of drug-likeness (QED) is 0.713. The summed E-state index contributed by atoms with van der Waals surface area (Å²) < 4.78 is 1.77. The lowest BCUT2D eigenvalue weighted by Gasteiger charge is -2.06. The predicted octanol–water partition coefficient (Wildman–Crippen LogP) is 1.27. The second-order valence-electron chi connectivity index (χ2n) is 3.70. The van der Waals surface area contributed by atoms with Crippen molar-refractivity contribution < 1.29 is 0 Å². The summed E-state index contributed by atoms with van der Waals surface area (Å²) in [4.78, 5) is 4.11. The van der Waals surface area contributed by atoms with Gasteiger partial charge in [0, 0.05) is 12.7 Å². The molecule has 2 heterocycles. The van der Waals surface area contributed by atoms with E-state index in [1.165, 1.54) is 0 Å². The second kappa shape index (κ2) is 3.95. The Hall–Kier alpha value is -2.27. The predicted molar refractivity (Wildman–Crippen MR) is 64.6 cm³/mol. The van der Waals surface area contributed by atoms with Crippen molar-refractivity contribution in [2.75, 3.05) is 0 Å². The molecule has 0 bridgehead atoms. The van der Waals surface area contributed by atoms with Gasteiger partial charge in [-0.1, -0.05) is 17.3 Å². The third-order valence-electron chi connectivity index (χ3n) is 2.69. The maximum absolute atomic E-state index is 5.71. The normalized spacial score (nSPS) is 10.9. The molecule has 2 N–H and O–H groups in total. The molecule has 2 aromatic heterocycles. The standard InChI is InChI=1S/C12H11N5/c13-7-9-5-6-14-8-12(9)17-11-4-2-1-3-10(11)15-16-17/h1-6,8H,7,13H2. The third kappa shape index (κ3) is 1.57. The lowest BCUT2D eigenvalue weighted by atomic mass is 10.2. The van der Waals surface area contributed by atoms with Crippen LogP contribution in [-0.2, 0) is 6.54 Å². The molecule has 5 heteroatoms. The number of hydrogen-bond acceptors (Lipinski definition) is 4. The zero-order valence-electron chi connectivity index (χ0n) is 9.11. The van der Waals surface area contributed by atoms with Crippen molar-refractivity contribution >= 4 is 11.0 Å². The summed E-state index contributed by atoms with van der Waals surface area (Å²) in [7, 11) is 0. The highest BCUT2D eigenvalue weighted by atomic mass is 15.4. The number of benzene rings is 1. The van der Waals surface area contributed by atoms with Gasteiger partial charge in [0.05, 0.1) is 17.4 Å². The van der Waals surface area contributed by atoms with Crippen LogP contribution in [0.2, 0.25) is 0 Å². The summed E-state index contributed by atoms with van der Waals surface area (Å²) in [6.07, 6.45) is 3.48. The summed E-state index contributed by atoms with van der Waals surface area (Å²) in [6, 6.07) is 9.70. The average Bonchev–Trinajstić information content (AvgIpc) is 2.82. The molecule has 0 radical (unpaired) electrons. The molecule has 1 aromatic carbocycles. The number of para-hydroxylation sites is 1. The van der Waals surface area contributed by atoms with Gasteiger partial charge in [0.1, 0.15) is 5.52 Å². The van der Waals surface area contributed by atoms with Crippen LogP contribution in [0.25, 0.3) is 16.7 Å². The fourth-order valence-corrected chi connectivity index (χ4v) is 1.83. The molecule has 0 amide bonds. The van der Waals surface area contributed by atoms with Gasteiger partial charge in [-0.2, -0.15) is 0 Å². The van der Waals surface area contributed by atoms with E-state index in [0.717, 1.165) is 22.3 Å². The van der Waals surface area contributed by atoms with Gasteiger partial charge in [0.15, 0.2) is 0 Å². The fraction of sp³-hybridized carbons (Fsp3) is 0.0833. The van der Waals surface area contributed by atoms with Gasteiger partial charge in [-0.15, -0.1) is 5.10 Å². The van der Waals surface area contributed by atoms with Gasteiger partial charge in [-0.25, -0.2) is 4.68 Å². The monoisotopic (exact) mass is 225 g/mol. The van der Waals surface area contributed by atoms with Crippen molar-refractivity contribution in [2.45, 2.75) is 6.54 Å². The summed E-state index contributed by atoms with van der Waals surface area (Å²) in [5.41, 5.74) is 9.40. The minimum atomic E-state index is 0.450. The Balaban J connectivity index is 2.27. The first kappa shape index (κ1) is 9.92. The van der Waals surface area contributed by atoms with E-state index in [4.69, 9.17) is 5.73 Å². The van der Waals surface area contributed by atoms with Crippen molar-refractivity contribution in [1.82, 2.24) is 20.0 Å². The number of fused-ring (bicyclic) bond motifs is 1. The number of pyridine rings is 1. The van der Waals surface area contributed by atoms with Gasteiger partial charge < -0.3 is 5.73 Å². The van der Waals surface area contributed by atoms with Crippen molar-refractivity contribution in [3.05, 3.63) is 48.3 Å². The Morgan fingerprint density at radius 1 is 1.18 bits per heavy atom. The number of nitrogens with two attached hydrogens (primary N) is 1. The molecule has 84 valence electrons. The van der Waals surface area contributed by atoms with Crippen LogP contribution >= 0.6 is 0 Å². The highest BCUT2D eigenvalue weighted by molar-refractivity contribution is 5.76. The van der Waals surface area contributed by atoms with Crippen LogP contribution in [-0.4, -0.2) is 20.0 Å². The molecule has 17 heavy (non-hydrogen) atoms. The Kier molecular flexibility index (Phi) is 2.31. The SMILES string of the molecule is NCc1ccncc1-n1nnc2ccccc21. The van der Waals surface area contributed by atoms with Crippen LogP contribution in [0.15, 0.2) is 42.7 Å². The van der Waals surface area contributed by atoms with Crippen molar-refractivity contribution in [3.63, 3.8) is 0 Å². The van der Waals surface area contributed by atoms with Crippen molar-refractivity contribution in [1.29, 1.82) is 0 Å². The smallest absolute Gasteiger partial charge is 0.113 e. The fourth-order valence-electron chi connectivity index (χ4n) is 1.83. The average molecular weight is 225 g/mol. The second-order valence-corrected chi connectivity index (χ2v) is 3.70. The zero-order valence-corrected chi connectivity index (χ0v) is 9.11. The molecule has 0 atom stereocenters.